The molecule has 0 aliphatic heterocycles. The van der Waals surface area contributed by atoms with Crippen LogP contribution < -0.4 is 0 Å². The van der Waals surface area contributed by atoms with Crippen LogP contribution in [0.1, 0.15) is 45.9 Å². The van der Waals surface area contributed by atoms with Crippen molar-refractivity contribution in [2.45, 2.75) is 32.5 Å². The van der Waals surface area contributed by atoms with Gasteiger partial charge in [0.15, 0.2) is 0 Å². The molecule has 0 radical (unpaired) electrons. The van der Waals surface area contributed by atoms with Gasteiger partial charge in [-0.05, 0) is 55.3 Å². The number of benzene rings is 3. The molecule has 0 fully saturated rings. The molecule has 1 heterocycles. The lowest BCUT2D eigenvalue weighted by Gasteiger charge is -2.29. The van der Waals surface area contributed by atoms with Crippen LogP contribution in [0.4, 0.5) is 13.2 Å². The van der Waals surface area contributed by atoms with E-state index in [1.54, 1.807) is 11.0 Å². The number of nitrogens with zero attached hydrogens (tertiary/aromatic N) is 3. The number of hydrogen-bond acceptors (Lipinski definition) is 4. The van der Waals surface area contributed by atoms with E-state index in [4.69, 9.17) is 16.1 Å². The first-order valence-corrected chi connectivity index (χ1v) is 11.6. The standard InChI is InChI=1S/C27H23ClF3N3O2/c1-17-8-9-21(16-23(17)28)25-32-24(36-33-25)14-15-34(18(2)19-6-4-3-5-7-19)26(35)20-10-12-22(13-11-20)27(29,30)31/h3-13,16,18H,14-15H2,1-2H3/t18-/m1/s1. The Hall–Kier alpha value is -3.65. The number of carbonyl (C=O) groups excluding carboxylic acids is 1. The highest BCUT2D eigenvalue weighted by Gasteiger charge is 2.31. The molecule has 9 heteroatoms. The fourth-order valence-electron chi connectivity index (χ4n) is 3.77. The zero-order chi connectivity index (χ0) is 25.9. The Labute approximate surface area is 211 Å². The van der Waals surface area contributed by atoms with E-state index in [0.717, 1.165) is 23.3 Å². The Morgan fingerprint density at radius 1 is 1.06 bits per heavy atom. The molecule has 1 atom stereocenters. The van der Waals surface area contributed by atoms with Crippen LogP contribution in [0.2, 0.25) is 5.02 Å². The third-order valence-corrected chi connectivity index (χ3v) is 6.34. The summed E-state index contributed by atoms with van der Waals surface area (Å²) in [5.74, 6) is 0.306. The van der Waals surface area contributed by atoms with Gasteiger partial charge in [0.05, 0.1) is 11.6 Å². The summed E-state index contributed by atoms with van der Waals surface area (Å²) in [6.45, 7) is 3.97. The van der Waals surface area contributed by atoms with Gasteiger partial charge in [-0.3, -0.25) is 4.79 Å². The average molecular weight is 514 g/mol. The number of aryl methyl sites for hydroxylation is 1. The zero-order valence-electron chi connectivity index (χ0n) is 19.6. The van der Waals surface area contributed by atoms with Crippen LogP contribution in [0.15, 0.2) is 77.3 Å². The van der Waals surface area contributed by atoms with Gasteiger partial charge >= 0.3 is 6.18 Å². The second-order valence-corrected chi connectivity index (χ2v) is 8.79. The first kappa shape index (κ1) is 25.4. The number of aromatic nitrogens is 2. The van der Waals surface area contributed by atoms with E-state index >= 15 is 0 Å². The van der Waals surface area contributed by atoms with Crippen LogP contribution in [0, 0.1) is 6.92 Å². The number of alkyl halides is 3. The number of carbonyl (C=O) groups is 1. The Balaban J connectivity index is 1.56. The monoisotopic (exact) mass is 513 g/mol. The highest BCUT2D eigenvalue weighted by Crippen LogP contribution is 2.30. The Kier molecular flexibility index (Phi) is 7.45. The predicted molar refractivity (Wildman–Crippen MR) is 131 cm³/mol. The maximum Gasteiger partial charge on any atom is 0.416 e. The molecule has 0 spiro atoms. The molecule has 186 valence electrons. The molecule has 0 saturated carbocycles. The summed E-state index contributed by atoms with van der Waals surface area (Å²) in [5.41, 5.74) is 1.87. The lowest BCUT2D eigenvalue weighted by molar-refractivity contribution is -0.137. The van der Waals surface area contributed by atoms with Crippen molar-refractivity contribution in [3.05, 3.63) is 106 Å². The first-order chi connectivity index (χ1) is 17.1. The SMILES string of the molecule is Cc1ccc(-c2noc(CCN(C(=O)c3ccc(C(F)(F)F)cc3)[C@H](C)c3ccccc3)n2)cc1Cl. The third-order valence-electron chi connectivity index (χ3n) is 5.93. The van der Waals surface area contributed by atoms with Gasteiger partial charge in [0.2, 0.25) is 11.7 Å². The van der Waals surface area contributed by atoms with Crippen LogP contribution in [0.25, 0.3) is 11.4 Å². The number of amides is 1. The Morgan fingerprint density at radius 3 is 2.39 bits per heavy atom. The Bertz CT molecular complexity index is 1340. The van der Waals surface area contributed by atoms with Crippen molar-refractivity contribution < 1.29 is 22.5 Å². The molecule has 1 aromatic heterocycles. The Morgan fingerprint density at radius 2 is 1.75 bits per heavy atom. The second-order valence-electron chi connectivity index (χ2n) is 8.39. The van der Waals surface area contributed by atoms with Gasteiger partial charge in [0.1, 0.15) is 0 Å². The van der Waals surface area contributed by atoms with Gasteiger partial charge in [-0.1, -0.05) is 59.2 Å². The van der Waals surface area contributed by atoms with Crippen molar-refractivity contribution in [1.82, 2.24) is 15.0 Å². The third kappa shape index (κ3) is 5.76. The second kappa shape index (κ2) is 10.5. The minimum absolute atomic E-state index is 0.159. The van der Waals surface area contributed by atoms with E-state index in [0.29, 0.717) is 22.3 Å². The van der Waals surface area contributed by atoms with Gasteiger partial charge in [0.25, 0.3) is 5.91 Å². The van der Waals surface area contributed by atoms with Gasteiger partial charge in [-0.15, -0.1) is 0 Å². The minimum atomic E-state index is -4.48. The average Bonchev–Trinajstić information content (AvgIpc) is 3.34. The fourth-order valence-corrected chi connectivity index (χ4v) is 3.95. The van der Waals surface area contributed by atoms with E-state index < -0.39 is 17.6 Å². The quantitative estimate of drug-likeness (QED) is 0.263. The summed E-state index contributed by atoms with van der Waals surface area (Å²) in [6, 6.07) is 18.7. The molecule has 0 N–H and O–H groups in total. The van der Waals surface area contributed by atoms with E-state index in [1.165, 1.54) is 12.1 Å². The topological polar surface area (TPSA) is 59.2 Å². The highest BCUT2D eigenvalue weighted by atomic mass is 35.5. The molecule has 0 saturated heterocycles. The molecule has 3 aromatic carbocycles. The van der Waals surface area contributed by atoms with Crippen LogP contribution in [-0.4, -0.2) is 27.5 Å². The van der Waals surface area contributed by atoms with Gasteiger partial charge in [-0.25, -0.2) is 0 Å². The van der Waals surface area contributed by atoms with E-state index in [2.05, 4.69) is 10.1 Å². The van der Waals surface area contributed by atoms with Gasteiger partial charge in [0, 0.05) is 29.1 Å². The van der Waals surface area contributed by atoms with Crippen molar-refractivity contribution in [3.8, 4) is 11.4 Å². The number of rotatable bonds is 7. The van der Waals surface area contributed by atoms with Crippen LogP contribution in [0.3, 0.4) is 0 Å². The summed E-state index contributed by atoms with van der Waals surface area (Å²) in [6.07, 6.45) is -4.22. The van der Waals surface area contributed by atoms with Crippen LogP contribution >= 0.6 is 11.6 Å². The molecule has 4 rings (SSSR count). The maximum absolute atomic E-state index is 13.4. The molecular weight excluding hydrogens is 491 g/mol. The zero-order valence-corrected chi connectivity index (χ0v) is 20.3. The van der Waals surface area contributed by atoms with Crippen molar-refractivity contribution in [2.24, 2.45) is 0 Å². The summed E-state index contributed by atoms with van der Waals surface area (Å²) in [4.78, 5) is 19.4. The molecule has 1 amide bonds. The largest absolute Gasteiger partial charge is 0.416 e. The van der Waals surface area contributed by atoms with E-state index in [9.17, 15) is 18.0 Å². The first-order valence-electron chi connectivity index (χ1n) is 11.3. The van der Waals surface area contributed by atoms with Crippen LogP contribution in [-0.2, 0) is 12.6 Å². The molecule has 36 heavy (non-hydrogen) atoms. The molecule has 5 nitrogen and oxygen atoms in total. The van der Waals surface area contributed by atoms with Crippen molar-refractivity contribution in [1.29, 1.82) is 0 Å². The lowest BCUT2D eigenvalue weighted by atomic mass is 10.0. The van der Waals surface area contributed by atoms with Gasteiger partial charge < -0.3 is 9.42 Å². The van der Waals surface area contributed by atoms with Crippen molar-refractivity contribution in [2.75, 3.05) is 6.54 Å². The molecule has 4 aromatic rings. The molecule has 0 unspecified atom stereocenters. The number of hydrogen-bond donors (Lipinski definition) is 0. The lowest BCUT2D eigenvalue weighted by Crippen LogP contribution is -2.35. The highest BCUT2D eigenvalue weighted by molar-refractivity contribution is 6.31. The molecule has 0 bridgehead atoms. The molecule has 0 aliphatic carbocycles. The van der Waals surface area contributed by atoms with E-state index in [1.807, 2.05) is 56.3 Å². The fraction of sp³-hybridized carbons (Fsp3) is 0.222. The van der Waals surface area contributed by atoms with Crippen molar-refractivity contribution >= 4 is 17.5 Å². The number of halogens is 4. The van der Waals surface area contributed by atoms with E-state index in [-0.39, 0.29) is 24.6 Å². The smallest absolute Gasteiger partial charge is 0.339 e. The maximum atomic E-state index is 13.4. The predicted octanol–water partition coefficient (Wildman–Crippen LogP) is 7.16. The normalized spacial score (nSPS) is 12.4. The summed E-state index contributed by atoms with van der Waals surface area (Å²) < 4.78 is 44.3. The molecular formula is C27H23ClF3N3O2. The summed E-state index contributed by atoms with van der Waals surface area (Å²) >= 11 is 6.20. The minimum Gasteiger partial charge on any atom is -0.339 e. The summed E-state index contributed by atoms with van der Waals surface area (Å²) in [7, 11) is 0. The summed E-state index contributed by atoms with van der Waals surface area (Å²) in [5, 5.41) is 4.61. The van der Waals surface area contributed by atoms with Crippen LogP contribution in [0.5, 0.6) is 0 Å². The van der Waals surface area contributed by atoms with Gasteiger partial charge in [-0.2, -0.15) is 18.2 Å². The van der Waals surface area contributed by atoms with Crippen molar-refractivity contribution in [3.63, 3.8) is 0 Å². The molecule has 0 aliphatic rings.